The van der Waals surface area contributed by atoms with E-state index in [0.29, 0.717) is 19.2 Å². The smallest absolute Gasteiger partial charge is 0.223 e. The molecule has 1 aromatic heterocycles. The third kappa shape index (κ3) is 3.45. The highest BCUT2D eigenvalue weighted by Crippen LogP contribution is 2.29. The zero-order valence-electron chi connectivity index (χ0n) is 14.0. The molecule has 126 valence electrons. The number of hydrogen-bond donors (Lipinski definition) is 2. The zero-order valence-corrected chi connectivity index (χ0v) is 14.0. The Morgan fingerprint density at radius 3 is 2.52 bits per heavy atom. The van der Waals surface area contributed by atoms with Crippen LogP contribution in [0, 0.1) is 0 Å². The fourth-order valence-corrected chi connectivity index (χ4v) is 3.02. The highest BCUT2D eigenvalue weighted by atomic mass is 16.6. The topological polar surface area (TPSA) is 85.4 Å². The first-order chi connectivity index (χ1) is 10.8. The van der Waals surface area contributed by atoms with Crippen molar-refractivity contribution < 1.29 is 14.3 Å². The fraction of sp³-hybridized carbons (Fsp3) is 0.688. The van der Waals surface area contributed by atoms with E-state index in [2.05, 4.69) is 41.4 Å². The van der Waals surface area contributed by atoms with Gasteiger partial charge in [0.2, 0.25) is 11.9 Å². The van der Waals surface area contributed by atoms with Crippen LogP contribution < -0.4 is 10.6 Å². The van der Waals surface area contributed by atoms with Crippen LogP contribution in [0.2, 0.25) is 0 Å². The lowest BCUT2D eigenvalue weighted by Gasteiger charge is -2.21. The third-order valence-electron chi connectivity index (χ3n) is 4.18. The summed E-state index contributed by atoms with van der Waals surface area (Å²) in [6, 6.07) is 1.82. The number of nitrogens with one attached hydrogen (secondary N) is 2. The third-order valence-corrected chi connectivity index (χ3v) is 4.18. The molecule has 2 N–H and O–H groups in total. The summed E-state index contributed by atoms with van der Waals surface area (Å²) in [6.45, 7) is 8.83. The van der Waals surface area contributed by atoms with Gasteiger partial charge in [-0.15, -0.1) is 0 Å². The molecule has 0 saturated carbocycles. The van der Waals surface area contributed by atoms with Gasteiger partial charge in [0.1, 0.15) is 12.2 Å². The van der Waals surface area contributed by atoms with Crippen molar-refractivity contribution in [3.8, 4) is 0 Å². The Morgan fingerprint density at radius 1 is 1.22 bits per heavy atom. The van der Waals surface area contributed by atoms with Crippen LogP contribution in [0.25, 0.3) is 0 Å². The summed E-state index contributed by atoms with van der Waals surface area (Å²) < 4.78 is 11.6. The number of rotatable bonds is 3. The summed E-state index contributed by atoms with van der Waals surface area (Å²) in [5, 5.41) is 6.19. The van der Waals surface area contributed by atoms with Crippen molar-refractivity contribution in [2.24, 2.45) is 0 Å². The van der Waals surface area contributed by atoms with Crippen molar-refractivity contribution in [2.45, 2.75) is 57.4 Å². The first-order valence-electron chi connectivity index (χ1n) is 7.95. The van der Waals surface area contributed by atoms with E-state index < -0.39 is 0 Å². The van der Waals surface area contributed by atoms with Crippen LogP contribution in [0.1, 0.15) is 33.4 Å². The van der Waals surface area contributed by atoms with E-state index in [4.69, 9.17) is 9.47 Å². The Hall–Kier alpha value is -1.73. The second-order valence-electron chi connectivity index (χ2n) is 7.17. The molecule has 4 atom stereocenters. The van der Waals surface area contributed by atoms with E-state index in [1.807, 2.05) is 6.07 Å². The number of ether oxygens (including phenoxy) is 2. The first-order valence-corrected chi connectivity index (χ1v) is 7.95. The molecule has 2 aliphatic rings. The number of hydrogen-bond acceptors (Lipinski definition) is 6. The second-order valence-corrected chi connectivity index (χ2v) is 7.17. The second kappa shape index (κ2) is 6.05. The fourth-order valence-electron chi connectivity index (χ4n) is 3.02. The average Bonchev–Trinajstić information content (AvgIpc) is 3.02. The lowest BCUT2D eigenvalue weighted by molar-refractivity contribution is -0.120. The highest BCUT2D eigenvalue weighted by molar-refractivity contribution is 5.73. The minimum atomic E-state index is -0.123. The number of anilines is 1. The van der Waals surface area contributed by atoms with Crippen molar-refractivity contribution in [2.75, 3.05) is 18.5 Å². The van der Waals surface area contributed by atoms with E-state index in [1.54, 1.807) is 6.20 Å². The van der Waals surface area contributed by atoms with Gasteiger partial charge in [-0.1, -0.05) is 20.8 Å². The average molecular weight is 320 g/mol. The molecule has 0 spiro atoms. The van der Waals surface area contributed by atoms with Gasteiger partial charge in [-0.05, 0) is 6.07 Å². The molecule has 2 aliphatic heterocycles. The van der Waals surface area contributed by atoms with Crippen LogP contribution in [0.5, 0.6) is 0 Å². The predicted molar refractivity (Wildman–Crippen MR) is 85.2 cm³/mol. The molecule has 7 nitrogen and oxygen atoms in total. The number of aromatic nitrogens is 2. The van der Waals surface area contributed by atoms with Gasteiger partial charge in [0.15, 0.2) is 0 Å². The van der Waals surface area contributed by atoms with Gasteiger partial charge in [-0.3, -0.25) is 4.79 Å². The molecule has 3 rings (SSSR count). The van der Waals surface area contributed by atoms with E-state index in [-0.39, 0.29) is 35.6 Å². The van der Waals surface area contributed by atoms with Crippen molar-refractivity contribution in [3.63, 3.8) is 0 Å². The Bertz CT molecular complexity index is 587. The highest BCUT2D eigenvalue weighted by Gasteiger charge is 2.48. The minimum Gasteiger partial charge on any atom is -0.371 e. The van der Waals surface area contributed by atoms with Crippen molar-refractivity contribution in [1.82, 2.24) is 15.3 Å². The molecule has 2 fully saturated rings. The SMILES string of the molecule is CC(=O)NC1COC2C(Nc3nccc(C(C)(C)C)n3)COC12. The summed E-state index contributed by atoms with van der Waals surface area (Å²) in [7, 11) is 0. The standard InChI is InChI=1S/C16H24N4O3/c1-9(21)18-10-7-22-14-11(8-23-13(10)14)19-15-17-6-5-12(20-15)16(2,3)4/h5-6,10-11,13-14H,7-8H2,1-4H3,(H,18,21)(H,17,19,20). The number of carbonyl (C=O) groups excluding carboxylic acids is 1. The van der Waals surface area contributed by atoms with E-state index >= 15 is 0 Å². The maximum Gasteiger partial charge on any atom is 0.223 e. The maximum atomic E-state index is 11.2. The number of carbonyl (C=O) groups is 1. The van der Waals surface area contributed by atoms with Crippen LogP contribution >= 0.6 is 0 Å². The Balaban J connectivity index is 1.67. The van der Waals surface area contributed by atoms with Gasteiger partial charge in [0.25, 0.3) is 0 Å². The number of fused-ring (bicyclic) bond motifs is 1. The summed E-state index contributed by atoms with van der Waals surface area (Å²) in [5.41, 5.74) is 0.947. The normalized spacial score (nSPS) is 30.1. The summed E-state index contributed by atoms with van der Waals surface area (Å²) in [5.74, 6) is 0.513. The quantitative estimate of drug-likeness (QED) is 0.859. The largest absolute Gasteiger partial charge is 0.371 e. The molecule has 0 aromatic carbocycles. The summed E-state index contributed by atoms with van der Waals surface area (Å²) in [4.78, 5) is 20.1. The van der Waals surface area contributed by atoms with Crippen molar-refractivity contribution in [3.05, 3.63) is 18.0 Å². The Labute approximate surface area is 136 Å². The van der Waals surface area contributed by atoms with E-state index in [9.17, 15) is 4.79 Å². The van der Waals surface area contributed by atoms with Crippen LogP contribution in [-0.4, -0.2) is 53.4 Å². The summed E-state index contributed by atoms with van der Waals surface area (Å²) >= 11 is 0. The first kappa shape index (κ1) is 16.1. The monoisotopic (exact) mass is 320 g/mol. The van der Waals surface area contributed by atoms with Gasteiger partial charge in [-0.2, -0.15) is 0 Å². The van der Waals surface area contributed by atoms with Gasteiger partial charge in [0, 0.05) is 18.5 Å². The molecular formula is C16H24N4O3. The lowest BCUT2D eigenvalue weighted by Crippen LogP contribution is -2.44. The molecule has 0 radical (unpaired) electrons. The number of amides is 1. The maximum absolute atomic E-state index is 11.2. The Morgan fingerprint density at radius 2 is 1.87 bits per heavy atom. The van der Waals surface area contributed by atoms with E-state index in [1.165, 1.54) is 6.92 Å². The van der Waals surface area contributed by atoms with Crippen LogP contribution in [0.4, 0.5) is 5.95 Å². The van der Waals surface area contributed by atoms with E-state index in [0.717, 1.165) is 5.69 Å². The molecule has 1 amide bonds. The van der Waals surface area contributed by atoms with Gasteiger partial charge in [-0.25, -0.2) is 9.97 Å². The van der Waals surface area contributed by atoms with Crippen molar-refractivity contribution in [1.29, 1.82) is 0 Å². The molecule has 4 unspecified atom stereocenters. The number of nitrogens with zero attached hydrogens (tertiary/aromatic N) is 2. The molecule has 0 bridgehead atoms. The van der Waals surface area contributed by atoms with Gasteiger partial charge < -0.3 is 20.1 Å². The molecule has 0 aliphatic carbocycles. The van der Waals surface area contributed by atoms with Crippen LogP contribution in [0.3, 0.4) is 0 Å². The molecule has 7 heteroatoms. The summed E-state index contributed by atoms with van der Waals surface area (Å²) in [6.07, 6.45) is 1.54. The van der Waals surface area contributed by atoms with Crippen LogP contribution in [0.15, 0.2) is 12.3 Å². The molecular weight excluding hydrogens is 296 g/mol. The lowest BCUT2D eigenvalue weighted by atomic mass is 9.92. The Kier molecular flexibility index (Phi) is 4.25. The molecule has 1 aromatic rings. The molecule has 3 heterocycles. The van der Waals surface area contributed by atoms with Crippen LogP contribution in [-0.2, 0) is 19.7 Å². The predicted octanol–water partition coefficient (Wildman–Crippen LogP) is 0.857. The zero-order chi connectivity index (χ0) is 16.6. The van der Waals surface area contributed by atoms with Gasteiger partial charge in [0.05, 0.1) is 31.0 Å². The molecule has 2 saturated heterocycles. The minimum absolute atomic E-state index is 0.0195. The van der Waals surface area contributed by atoms with Crippen molar-refractivity contribution >= 4 is 11.9 Å². The van der Waals surface area contributed by atoms with Gasteiger partial charge >= 0.3 is 0 Å². The molecule has 23 heavy (non-hydrogen) atoms.